The highest BCUT2D eigenvalue weighted by atomic mass is 79.9. The summed E-state index contributed by atoms with van der Waals surface area (Å²) < 4.78 is 39.1. The first-order valence-corrected chi connectivity index (χ1v) is 4.82. The zero-order valence-corrected chi connectivity index (χ0v) is 9.39. The second kappa shape index (κ2) is 4.08. The number of benzene rings is 1. The Kier molecular flexibility index (Phi) is 3.44. The van der Waals surface area contributed by atoms with Crippen LogP contribution in [0.1, 0.15) is 18.5 Å². The zero-order chi connectivity index (χ0) is 11.0. The second-order valence-corrected chi connectivity index (χ2v) is 3.94. The summed E-state index contributed by atoms with van der Waals surface area (Å²) in [7, 11) is 0. The lowest BCUT2D eigenvalue weighted by Crippen LogP contribution is -2.11. The fraction of sp³-hybridized carbons (Fsp3) is 0.250. The minimum atomic E-state index is -1.42. The molecule has 6 heteroatoms. The van der Waals surface area contributed by atoms with Crippen LogP contribution in [-0.4, -0.2) is 0 Å². The Morgan fingerprint density at radius 1 is 1.21 bits per heavy atom. The van der Waals surface area contributed by atoms with E-state index in [0.29, 0.717) is 0 Å². The van der Waals surface area contributed by atoms with E-state index in [1.54, 1.807) is 0 Å². The van der Waals surface area contributed by atoms with Crippen molar-refractivity contribution in [3.8, 4) is 0 Å². The number of nitrogens with two attached hydrogens (primary N) is 1. The molecular formula is C8H6BrClF3N. The van der Waals surface area contributed by atoms with Crippen molar-refractivity contribution in [1.82, 2.24) is 0 Å². The van der Waals surface area contributed by atoms with Crippen LogP contribution in [0.3, 0.4) is 0 Å². The van der Waals surface area contributed by atoms with E-state index in [9.17, 15) is 13.2 Å². The summed E-state index contributed by atoms with van der Waals surface area (Å²) >= 11 is 7.97. The molecule has 1 unspecified atom stereocenters. The van der Waals surface area contributed by atoms with Crippen LogP contribution in [0.4, 0.5) is 13.2 Å². The minimum Gasteiger partial charge on any atom is -0.324 e. The van der Waals surface area contributed by atoms with Crippen LogP contribution in [0.25, 0.3) is 0 Å². The third-order valence-electron chi connectivity index (χ3n) is 1.70. The molecule has 0 aliphatic carbocycles. The van der Waals surface area contributed by atoms with Gasteiger partial charge in [-0.05, 0) is 22.9 Å². The first-order valence-electron chi connectivity index (χ1n) is 3.64. The molecule has 1 atom stereocenters. The van der Waals surface area contributed by atoms with Crippen molar-refractivity contribution in [2.24, 2.45) is 5.73 Å². The van der Waals surface area contributed by atoms with Gasteiger partial charge in [-0.25, -0.2) is 13.2 Å². The highest BCUT2D eigenvalue weighted by Gasteiger charge is 2.24. The Labute approximate surface area is 92.2 Å². The van der Waals surface area contributed by atoms with Gasteiger partial charge in [0.2, 0.25) is 0 Å². The highest BCUT2D eigenvalue weighted by molar-refractivity contribution is 9.10. The molecule has 0 aliphatic heterocycles. The zero-order valence-electron chi connectivity index (χ0n) is 7.04. The average molecular weight is 288 g/mol. The van der Waals surface area contributed by atoms with Crippen molar-refractivity contribution in [2.45, 2.75) is 13.0 Å². The molecule has 0 saturated heterocycles. The van der Waals surface area contributed by atoms with Gasteiger partial charge in [0, 0.05) is 11.6 Å². The quantitative estimate of drug-likeness (QED) is 0.621. The average Bonchev–Trinajstić information content (AvgIpc) is 2.11. The van der Waals surface area contributed by atoms with Gasteiger partial charge in [-0.15, -0.1) is 0 Å². The molecule has 14 heavy (non-hydrogen) atoms. The van der Waals surface area contributed by atoms with Crippen molar-refractivity contribution in [3.05, 3.63) is 32.5 Å². The molecule has 78 valence electrons. The Morgan fingerprint density at radius 2 is 1.71 bits per heavy atom. The van der Waals surface area contributed by atoms with Gasteiger partial charge in [-0.3, -0.25) is 0 Å². The molecule has 2 N–H and O–H groups in total. The summed E-state index contributed by atoms with van der Waals surface area (Å²) in [4.78, 5) is 0. The van der Waals surface area contributed by atoms with E-state index in [4.69, 9.17) is 17.3 Å². The molecule has 0 spiro atoms. The molecule has 0 amide bonds. The van der Waals surface area contributed by atoms with Gasteiger partial charge < -0.3 is 5.73 Å². The van der Waals surface area contributed by atoms with E-state index in [2.05, 4.69) is 15.9 Å². The molecule has 1 aromatic carbocycles. The van der Waals surface area contributed by atoms with Gasteiger partial charge in [-0.1, -0.05) is 11.6 Å². The Bertz CT molecular complexity index is 352. The molecule has 1 aromatic rings. The summed E-state index contributed by atoms with van der Waals surface area (Å²) in [6.07, 6.45) is 0. The van der Waals surface area contributed by atoms with Crippen LogP contribution < -0.4 is 5.73 Å². The first kappa shape index (κ1) is 11.8. The second-order valence-electron chi connectivity index (χ2n) is 2.77. The van der Waals surface area contributed by atoms with Gasteiger partial charge >= 0.3 is 0 Å². The Morgan fingerprint density at radius 3 is 2.14 bits per heavy atom. The van der Waals surface area contributed by atoms with E-state index in [0.717, 1.165) is 0 Å². The van der Waals surface area contributed by atoms with Crippen LogP contribution in [-0.2, 0) is 0 Å². The van der Waals surface area contributed by atoms with E-state index < -0.39 is 28.5 Å². The topological polar surface area (TPSA) is 26.0 Å². The van der Waals surface area contributed by atoms with Crippen molar-refractivity contribution >= 4 is 27.5 Å². The fourth-order valence-corrected chi connectivity index (χ4v) is 2.05. The predicted octanol–water partition coefficient (Wildman–Crippen LogP) is 3.54. The maximum absolute atomic E-state index is 13.2. The van der Waals surface area contributed by atoms with Crippen LogP contribution in [0.2, 0.25) is 5.02 Å². The lowest BCUT2D eigenvalue weighted by atomic mass is 10.1. The van der Waals surface area contributed by atoms with Crippen LogP contribution in [0, 0.1) is 17.5 Å². The summed E-state index contributed by atoms with van der Waals surface area (Å²) in [5, 5.41) is -0.876. The van der Waals surface area contributed by atoms with Gasteiger partial charge in [-0.2, -0.15) is 0 Å². The highest BCUT2D eigenvalue weighted by Crippen LogP contribution is 2.34. The number of halogens is 5. The third-order valence-corrected chi connectivity index (χ3v) is 2.81. The SMILES string of the molecule is CC(N)c1c(F)c(F)c(Cl)c(F)c1Br. The molecule has 0 heterocycles. The molecule has 0 saturated carbocycles. The number of hydrogen-bond donors (Lipinski definition) is 1. The minimum absolute atomic E-state index is 0.239. The van der Waals surface area contributed by atoms with E-state index in [1.165, 1.54) is 6.92 Å². The lowest BCUT2D eigenvalue weighted by Gasteiger charge is -2.12. The molecule has 1 nitrogen and oxygen atoms in total. The van der Waals surface area contributed by atoms with Crippen molar-refractivity contribution in [1.29, 1.82) is 0 Å². The van der Waals surface area contributed by atoms with Crippen LogP contribution in [0.5, 0.6) is 0 Å². The normalized spacial score (nSPS) is 13.1. The maximum atomic E-state index is 13.2. The standard InChI is InChI=1S/C8H6BrClF3N/c1-2(14)3-4(9)7(12)5(10)8(13)6(3)11/h2H,14H2,1H3. The monoisotopic (exact) mass is 287 g/mol. The van der Waals surface area contributed by atoms with Gasteiger partial charge in [0.25, 0.3) is 0 Å². The first-order chi connectivity index (χ1) is 6.37. The summed E-state index contributed by atoms with van der Waals surface area (Å²) in [5.74, 6) is -3.68. The van der Waals surface area contributed by atoms with Crippen LogP contribution in [0.15, 0.2) is 4.47 Å². The van der Waals surface area contributed by atoms with E-state index in [1.807, 2.05) is 0 Å². The molecule has 0 aliphatic rings. The van der Waals surface area contributed by atoms with E-state index >= 15 is 0 Å². The Hall–Kier alpha value is -0.260. The molecule has 1 rings (SSSR count). The third kappa shape index (κ3) is 1.76. The molecule has 0 fully saturated rings. The van der Waals surface area contributed by atoms with E-state index in [-0.39, 0.29) is 10.0 Å². The maximum Gasteiger partial charge on any atom is 0.180 e. The molecule has 0 radical (unpaired) electrons. The predicted molar refractivity (Wildman–Crippen MR) is 51.6 cm³/mol. The van der Waals surface area contributed by atoms with Crippen molar-refractivity contribution in [3.63, 3.8) is 0 Å². The summed E-state index contributed by atoms with van der Waals surface area (Å²) in [6, 6.07) is -0.828. The number of hydrogen-bond acceptors (Lipinski definition) is 1. The van der Waals surface area contributed by atoms with Crippen LogP contribution >= 0.6 is 27.5 Å². The lowest BCUT2D eigenvalue weighted by molar-refractivity contribution is 0.476. The molecule has 0 aromatic heterocycles. The summed E-state index contributed by atoms with van der Waals surface area (Å²) in [6.45, 7) is 1.41. The smallest absolute Gasteiger partial charge is 0.180 e. The summed E-state index contributed by atoms with van der Waals surface area (Å²) in [5.41, 5.74) is 5.10. The van der Waals surface area contributed by atoms with Crippen molar-refractivity contribution < 1.29 is 13.2 Å². The number of rotatable bonds is 1. The van der Waals surface area contributed by atoms with Gasteiger partial charge in [0.15, 0.2) is 17.5 Å². The van der Waals surface area contributed by atoms with Gasteiger partial charge in [0.1, 0.15) is 5.02 Å². The Balaban J connectivity index is 3.60. The molecule has 0 bridgehead atoms. The fourth-order valence-electron chi connectivity index (χ4n) is 1.02. The van der Waals surface area contributed by atoms with Gasteiger partial charge in [0.05, 0.1) is 4.47 Å². The molecular weight excluding hydrogens is 282 g/mol. The van der Waals surface area contributed by atoms with Crippen molar-refractivity contribution in [2.75, 3.05) is 0 Å². The largest absolute Gasteiger partial charge is 0.324 e.